The highest BCUT2D eigenvalue weighted by Gasteiger charge is 2.51. The first-order chi connectivity index (χ1) is 18.4. The molecule has 5 rings (SSSR count). The minimum absolute atomic E-state index is 0. The molecule has 1 unspecified atom stereocenters. The predicted octanol–water partition coefficient (Wildman–Crippen LogP) is 5.74. The van der Waals surface area contributed by atoms with Gasteiger partial charge in [0.15, 0.2) is 0 Å². The topological polar surface area (TPSA) is 73.0 Å². The van der Waals surface area contributed by atoms with E-state index in [1.165, 1.54) is 31.2 Å². The Morgan fingerprint density at radius 3 is 2.50 bits per heavy atom. The summed E-state index contributed by atoms with van der Waals surface area (Å²) in [5.41, 5.74) is 2.07. The molecule has 210 valence electrons. The number of carbonyl (C=O) groups excluding carboxylic acids is 3. The van der Waals surface area contributed by atoms with Gasteiger partial charge in [-0.05, 0) is 56.1 Å². The number of hydrogen-bond donors (Lipinski definition) is 1. The second-order valence-electron chi connectivity index (χ2n) is 12.0. The molecule has 3 aliphatic heterocycles. The van der Waals surface area contributed by atoms with E-state index < -0.39 is 0 Å². The van der Waals surface area contributed by atoms with Gasteiger partial charge in [0.2, 0.25) is 11.8 Å². The van der Waals surface area contributed by atoms with Crippen LogP contribution in [0.4, 0.5) is 10.5 Å². The zero-order valence-electron chi connectivity index (χ0n) is 23.1. The SMILES string of the molecule is CC(C)CCN1C(=O)C(CC(=O)N2CCC(N3CCc4ccccc4NC3=O)CC2)SC12CCCCCC2.[HH]. The number of nitrogens with one attached hydrogen (secondary N) is 1. The first-order valence-corrected chi connectivity index (χ1v) is 15.7. The van der Waals surface area contributed by atoms with Crippen LogP contribution in [-0.2, 0) is 16.0 Å². The molecular formula is C30H46N4O3S. The predicted molar refractivity (Wildman–Crippen MR) is 155 cm³/mol. The minimum atomic E-state index is -0.264. The molecule has 0 aromatic heterocycles. The van der Waals surface area contributed by atoms with Gasteiger partial charge in [0.25, 0.3) is 0 Å². The Bertz CT molecular complexity index is 1020. The number of anilines is 1. The lowest BCUT2D eigenvalue weighted by Gasteiger charge is -2.38. The van der Waals surface area contributed by atoms with Crippen LogP contribution >= 0.6 is 11.8 Å². The van der Waals surface area contributed by atoms with E-state index in [0.29, 0.717) is 32.0 Å². The highest BCUT2D eigenvalue weighted by Crippen LogP contribution is 2.50. The first-order valence-electron chi connectivity index (χ1n) is 14.8. The van der Waals surface area contributed by atoms with E-state index in [-0.39, 0.29) is 35.4 Å². The van der Waals surface area contributed by atoms with Crippen molar-refractivity contribution in [3.05, 3.63) is 29.8 Å². The summed E-state index contributed by atoms with van der Waals surface area (Å²) in [5.74, 6) is 0.830. The van der Waals surface area contributed by atoms with Crippen LogP contribution in [-0.4, -0.2) is 74.9 Å². The van der Waals surface area contributed by atoms with Gasteiger partial charge in [-0.15, -0.1) is 11.8 Å². The number of thioether (sulfide) groups is 1. The van der Waals surface area contributed by atoms with Crippen LogP contribution in [0.1, 0.15) is 85.0 Å². The van der Waals surface area contributed by atoms with Crippen LogP contribution in [0.5, 0.6) is 0 Å². The molecule has 38 heavy (non-hydrogen) atoms. The van der Waals surface area contributed by atoms with Crippen LogP contribution in [0.2, 0.25) is 0 Å². The monoisotopic (exact) mass is 542 g/mol. The van der Waals surface area contributed by atoms with Gasteiger partial charge in [-0.3, -0.25) is 9.59 Å². The molecule has 4 aliphatic rings. The maximum atomic E-state index is 13.6. The van der Waals surface area contributed by atoms with Gasteiger partial charge in [0.05, 0.1) is 10.1 Å². The number of para-hydroxylation sites is 1. The highest BCUT2D eigenvalue weighted by atomic mass is 32.2. The molecule has 3 fully saturated rings. The molecule has 1 aromatic carbocycles. The Kier molecular flexibility index (Phi) is 8.56. The van der Waals surface area contributed by atoms with Gasteiger partial charge in [-0.2, -0.15) is 0 Å². The lowest BCUT2D eigenvalue weighted by molar-refractivity contribution is -0.138. The van der Waals surface area contributed by atoms with Crippen molar-refractivity contribution in [3.63, 3.8) is 0 Å². The van der Waals surface area contributed by atoms with E-state index in [9.17, 15) is 14.4 Å². The van der Waals surface area contributed by atoms with Gasteiger partial charge in [-0.25, -0.2) is 4.79 Å². The molecule has 8 heteroatoms. The van der Waals surface area contributed by atoms with Crippen molar-refractivity contribution in [1.29, 1.82) is 0 Å². The molecule has 1 aromatic rings. The number of amides is 4. The second kappa shape index (κ2) is 11.9. The van der Waals surface area contributed by atoms with Gasteiger partial charge in [-0.1, -0.05) is 57.7 Å². The normalized spacial score (nSPS) is 24.4. The number of carbonyl (C=O) groups is 3. The van der Waals surface area contributed by atoms with Crippen molar-refractivity contribution in [2.75, 3.05) is 31.5 Å². The third kappa shape index (κ3) is 5.85. The molecule has 1 N–H and O–H groups in total. The largest absolute Gasteiger partial charge is 0.342 e. The van der Waals surface area contributed by atoms with Crippen LogP contribution in [0.25, 0.3) is 0 Å². The fraction of sp³-hybridized carbons (Fsp3) is 0.700. The maximum Gasteiger partial charge on any atom is 0.322 e. The average Bonchev–Trinajstić information content (AvgIpc) is 3.08. The number of piperidine rings is 1. The Balaban J connectivity index is 0.00000353. The molecule has 2 saturated heterocycles. The summed E-state index contributed by atoms with van der Waals surface area (Å²) in [7, 11) is 0. The van der Waals surface area contributed by atoms with Crippen LogP contribution in [0, 0.1) is 5.92 Å². The summed E-state index contributed by atoms with van der Waals surface area (Å²) in [6.45, 7) is 7.23. The number of rotatable bonds is 6. The second-order valence-corrected chi connectivity index (χ2v) is 13.6. The molecule has 1 atom stereocenters. The number of likely N-dealkylation sites (tertiary alicyclic amines) is 1. The fourth-order valence-corrected chi connectivity index (χ4v) is 8.52. The molecule has 1 aliphatic carbocycles. The van der Waals surface area contributed by atoms with E-state index in [4.69, 9.17) is 0 Å². The Morgan fingerprint density at radius 1 is 1.08 bits per heavy atom. The van der Waals surface area contributed by atoms with E-state index >= 15 is 0 Å². The maximum absolute atomic E-state index is 13.6. The number of urea groups is 1. The quantitative estimate of drug-likeness (QED) is 0.497. The lowest BCUT2D eigenvalue weighted by Crippen LogP contribution is -2.50. The Hall–Kier alpha value is -2.22. The third-order valence-corrected chi connectivity index (χ3v) is 10.7. The third-order valence-electron chi connectivity index (χ3n) is 8.97. The molecule has 0 radical (unpaired) electrons. The van der Waals surface area contributed by atoms with Crippen LogP contribution < -0.4 is 5.32 Å². The molecule has 1 spiro atoms. The zero-order valence-corrected chi connectivity index (χ0v) is 23.9. The van der Waals surface area contributed by atoms with Gasteiger partial charge in [0, 0.05) is 45.8 Å². The smallest absolute Gasteiger partial charge is 0.322 e. The van der Waals surface area contributed by atoms with Gasteiger partial charge >= 0.3 is 6.03 Å². The van der Waals surface area contributed by atoms with E-state index in [1.54, 1.807) is 11.8 Å². The number of benzene rings is 1. The molecule has 7 nitrogen and oxygen atoms in total. The van der Waals surface area contributed by atoms with Gasteiger partial charge < -0.3 is 20.0 Å². The van der Waals surface area contributed by atoms with Crippen molar-refractivity contribution >= 4 is 35.3 Å². The van der Waals surface area contributed by atoms with Crippen molar-refractivity contribution in [2.45, 2.75) is 101 Å². The lowest BCUT2D eigenvalue weighted by atomic mass is 10.0. The standard InChI is InChI=1S/C30H44N4O3S.H2/c1-22(2)11-20-34-28(36)26(38-30(34)15-7-3-4-8-16-30)21-27(35)32-17-13-24(14-18-32)33-19-12-23-9-5-6-10-25(23)31-29(33)37;/h5-6,9-10,22,24,26H,3-4,7-8,11-21H2,1-2H3,(H,31,37);1H. The average molecular weight is 543 g/mol. The van der Waals surface area contributed by atoms with E-state index in [0.717, 1.165) is 50.8 Å². The summed E-state index contributed by atoms with van der Waals surface area (Å²) >= 11 is 1.80. The summed E-state index contributed by atoms with van der Waals surface area (Å²) in [6, 6.07) is 8.10. The Labute approximate surface area is 233 Å². The van der Waals surface area contributed by atoms with E-state index in [2.05, 4.69) is 30.1 Å². The van der Waals surface area contributed by atoms with E-state index in [1.807, 2.05) is 28.0 Å². The fourth-order valence-electron chi connectivity index (χ4n) is 6.71. The number of nitrogens with zero attached hydrogens (tertiary/aromatic N) is 3. The summed E-state index contributed by atoms with van der Waals surface area (Å²) < 4.78 is 0. The van der Waals surface area contributed by atoms with Crippen molar-refractivity contribution in [1.82, 2.24) is 14.7 Å². The highest BCUT2D eigenvalue weighted by molar-refractivity contribution is 8.02. The molecule has 0 bridgehead atoms. The van der Waals surface area contributed by atoms with Crippen LogP contribution in [0.3, 0.4) is 0 Å². The molecule has 3 heterocycles. The minimum Gasteiger partial charge on any atom is -0.342 e. The summed E-state index contributed by atoms with van der Waals surface area (Å²) in [4.78, 5) is 45.9. The number of fused-ring (bicyclic) bond motifs is 1. The van der Waals surface area contributed by atoms with Crippen molar-refractivity contribution in [2.24, 2.45) is 5.92 Å². The van der Waals surface area contributed by atoms with Crippen LogP contribution in [0.15, 0.2) is 24.3 Å². The van der Waals surface area contributed by atoms with Gasteiger partial charge in [0.1, 0.15) is 0 Å². The zero-order chi connectivity index (χ0) is 26.7. The van der Waals surface area contributed by atoms with Crippen molar-refractivity contribution < 1.29 is 15.8 Å². The number of hydrogen-bond acceptors (Lipinski definition) is 4. The molecular weight excluding hydrogens is 496 g/mol. The first kappa shape index (κ1) is 27.4. The summed E-state index contributed by atoms with van der Waals surface area (Å²) in [6.07, 6.45) is 10.7. The molecule has 1 saturated carbocycles. The van der Waals surface area contributed by atoms with Crippen molar-refractivity contribution in [3.8, 4) is 0 Å². The molecule has 4 amide bonds. The Morgan fingerprint density at radius 2 is 1.79 bits per heavy atom. The summed E-state index contributed by atoms with van der Waals surface area (Å²) in [5, 5.41) is 2.81.